The molecule has 0 fully saturated rings. The summed E-state index contributed by atoms with van der Waals surface area (Å²) in [7, 11) is 0. The Morgan fingerprint density at radius 1 is 1.20 bits per heavy atom. The Morgan fingerprint density at radius 3 is 2.90 bits per heavy atom. The lowest BCUT2D eigenvalue weighted by Gasteiger charge is -2.11. The van der Waals surface area contributed by atoms with Crippen LogP contribution in [0, 0.1) is 5.92 Å². The summed E-state index contributed by atoms with van der Waals surface area (Å²) in [6, 6.07) is 0. The van der Waals surface area contributed by atoms with Crippen molar-refractivity contribution in [3.63, 3.8) is 0 Å². The van der Waals surface area contributed by atoms with Crippen LogP contribution in [0.4, 0.5) is 0 Å². The van der Waals surface area contributed by atoms with Crippen LogP contribution in [0.25, 0.3) is 0 Å². The van der Waals surface area contributed by atoms with E-state index >= 15 is 0 Å². The monoisotopic (exact) mass is 130 g/mol. The van der Waals surface area contributed by atoms with E-state index in [4.69, 9.17) is 0 Å². The Hall–Kier alpha value is -1.04. The van der Waals surface area contributed by atoms with Crippen molar-refractivity contribution in [2.24, 2.45) is 5.92 Å². The van der Waals surface area contributed by atoms with Crippen LogP contribution in [0.3, 0.4) is 0 Å². The van der Waals surface area contributed by atoms with Gasteiger partial charge in [-0.05, 0) is 12.5 Å². The lowest BCUT2D eigenvalue weighted by Crippen LogP contribution is -1.98. The normalized spacial score (nSPS) is 27.9. The molecule has 50 valence electrons. The minimum Gasteiger partial charge on any atom is -0.0730 e. The van der Waals surface area contributed by atoms with Crippen LogP contribution in [0.15, 0.2) is 47.6 Å². The number of hydrogen-bond acceptors (Lipinski definition) is 0. The molecule has 0 saturated carbocycles. The van der Waals surface area contributed by atoms with Gasteiger partial charge in [0.25, 0.3) is 0 Å². The van der Waals surface area contributed by atoms with Gasteiger partial charge in [0.05, 0.1) is 0 Å². The third-order valence-corrected chi connectivity index (χ3v) is 2.09. The molecule has 1 atom stereocenters. The largest absolute Gasteiger partial charge is 0.0730 e. The first kappa shape index (κ1) is 5.72. The highest BCUT2D eigenvalue weighted by Gasteiger charge is 2.15. The van der Waals surface area contributed by atoms with E-state index in [1.54, 1.807) is 0 Å². The molecule has 2 aliphatic rings. The molecule has 0 spiro atoms. The van der Waals surface area contributed by atoms with Crippen molar-refractivity contribution >= 4 is 0 Å². The summed E-state index contributed by atoms with van der Waals surface area (Å²) in [5, 5.41) is 0. The van der Waals surface area contributed by atoms with Gasteiger partial charge in [0, 0.05) is 5.92 Å². The molecular weight excluding hydrogens is 120 g/mol. The van der Waals surface area contributed by atoms with Gasteiger partial charge in [0.1, 0.15) is 0 Å². The molecule has 2 rings (SSSR count). The summed E-state index contributed by atoms with van der Waals surface area (Å²) in [6.45, 7) is 2.18. The molecule has 0 heteroatoms. The first-order chi connectivity index (χ1) is 4.88. The molecule has 0 nitrogen and oxygen atoms in total. The second-order valence-corrected chi connectivity index (χ2v) is 2.80. The molecule has 2 aliphatic carbocycles. The minimum absolute atomic E-state index is 0.588. The van der Waals surface area contributed by atoms with E-state index < -0.39 is 0 Å². The summed E-state index contributed by atoms with van der Waals surface area (Å²) in [5.41, 5.74) is 2.88. The quantitative estimate of drug-likeness (QED) is 0.473. The highest BCUT2D eigenvalue weighted by atomic mass is 14.2. The van der Waals surface area contributed by atoms with Crippen molar-refractivity contribution in [2.75, 3.05) is 0 Å². The third kappa shape index (κ3) is 0.688. The number of fused-ring (bicyclic) bond motifs is 1. The van der Waals surface area contributed by atoms with E-state index in [9.17, 15) is 0 Å². The van der Waals surface area contributed by atoms with Gasteiger partial charge < -0.3 is 0 Å². The van der Waals surface area contributed by atoms with Gasteiger partial charge in [-0.25, -0.2) is 0 Å². The molecule has 0 aromatic carbocycles. The summed E-state index contributed by atoms with van der Waals surface area (Å²) in [6.07, 6.45) is 13.0. The molecule has 10 heavy (non-hydrogen) atoms. The van der Waals surface area contributed by atoms with Gasteiger partial charge in [0.2, 0.25) is 0 Å². The number of allylic oxidation sites excluding steroid dienone is 8. The van der Waals surface area contributed by atoms with E-state index in [0.717, 1.165) is 0 Å². The third-order valence-electron chi connectivity index (χ3n) is 2.09. The summed E-state index contributed by atoms with van der Waals surface area (Å²) in [4.78, 5) is 0. The van der Waals surface area contributed by atoms with Gasteiger partial charge >= 0.3 is 0 Å². The second-order valence-electron chi connectivity index (χ2n) is 2.80. The van der Waals surface area contributed by atoms with Crippen LogP contribution in [-0.2, 0) is 0 Å². The van der Waals surface area contributed by atoms with Crippen molar-refractivity contribution in [3.8, 4) is 0 Å². The van der Waals surface area contributed by atoms with Gasteiger partial charge in [-0.1, -0.05) is 42.0 Å². The van der Waals surface area contributed by atoms with Crippen molar-refractivity contribution in [2.45, 2.75) is 6.92 Å². The Bertz CT molecular complexity index is 262. The van der Waals surface area contributed by atoms with E-state index in [-0.39, 0.29) is 0 Å². The SMILES string of the molecule is CC1=CC=C2C=CC=C[C@@H]12. The Balaban J connectivity index is 2.39. The molecule has 0 amide bonds. The van der Waals surface area contributed by atoms with Crippen LogP contribution in [0.2, 0.25) is 0 Å². The minimum atomic E-state index is 0.588. The molecule has 0 N–H and O–H groups in total. The average molecular weight is 130 g/mol. The number of hydrogen-bond donors (Lipinski definition) is 0. The van der Waals surface area contributed by atoms with Gasteiger partial charge in [-0.15, -0.1) is 0 Å². The maximum atomic E-state index is 2.24. The smallest absolute Gasteiger partial charge is 0.0231 e. The predicted molar refractivity (Wildman–Crippen MR) is 43.6 cm³/mol. The second kappa shape index (κ2) is 1.98. The van der Waals surface area contributed by atoms with Gasteiger partial charge in [0.15, 0.2) is 0 Å². The van der Waals surface area contributed by atoms with Crippen molar-refractivity contribution in [1.29, 1.82) is 0 Å². The first-order valence-electron chi connectivity index (χ1n) is 3.61. The lowest BCUT2D eigenvalue weighted by molar-refractivity contribution is 0.938. The van der Waals surface area contributed by atoms with Crippen molar-refractivity contribution < 1.29 is 0 Å². The van der Waals surface area contributed by atoms with Crippen molar-refractivity contribution in [1.82, 2.24) is 0 Å². The average Bonchev–Trinajstić information content (AvgIpc) is 2.34. The fourth-order valence-corrected chi connectivity index (χ4v) is 1.46. The predicted octanol–water partition coefficient (Wildman–Crippen LogP) is 2.61. The molecule has 0 unspecified atom stereocenters. The van der Waals surface area contributed by atoms with Crippen molar-refractivity contribution in [3.05, 3.63) is 47.6 Å². The Labute approximate surface area is 61.3 Å². The molecule has 0 aliphatic heterocycles. The topological polar surface area (TPSA) is 0 Å². The van der Waals surface area contributed by atoms with Gasteiger partial charge in [-0.3, -0.25) is 0 Å². The van der Waals surface area contributed by atoms with Crippen LogP contribution in [-0.4, -0.2) is 0 Å². The maximum absolute atomic E-state index is 2.24. The van der Waals surface area contributed by atoms with E-state index in [0.29, 0.717) is 5.92 Å². The molecule has 0 aromatic rings. The fourth-order valence-electron chi connectivity index (χ4n) is 1.46. The molecule has 0 bridgehead atoms. The van der Waals surface area contributed by atoms with E-state index in [1.807, 2.05) is 0 Å². The van der Waals surface area contributed by atoms with Crippen LogP contribution < -0.4 is 0 Å². The standard InChI is InChI=1S/C10H10/c1-8-6-7-9-4-2-3-5-10(8)9/h2-7,10H,1H3/t10-/m0/s1. The zero-order valence-corrected chi connectivity index (χ0v) is 6.04. The summed E-state index contributed by atoms with van der Waals surface area (Å²) >= 11 is 0. The Kier molecular flexibility index (Phi) is 1.13. The van der Waals surface area contributed by atoms with E-state index in [2.05, 4.69) is 43.4 Å². The highest BCUT2D eigenvalue weighted by Crippen LogP contribution is 2.30. The lowest BCUT2D eigenvalue weighted by atomic mass is 9.93. The summed E-state index contributed by atoms with van der Waals surface area (Å²) < 4.78 is 0. The maximum Gasteiger partial charge on any atom is 0.0231 e. The zero-order chi connectivity index (χ0) is 6.97. The Morgan fingerprint density at radius 2 is 2.10 bits per heavy atom. The van der Waals surface area contributed by atoms with Crippen LogP contribution in [0.1, 0.15) is 6.92 Å². The molecular formula is C10H10. The van der Waals surface area contributed by atoms with Gasteiger partial charge in [-0.2, -0.15) is 0 Å². The van der Waals surface area contributed by atoms with Crippen LogP contribution in [0.5, 0.6) is 0 Å². The van der Waals surface area contributed by atoms with E-state index in [1.165, 1.54) is 11.1 Å². The molecule has 0 heterocycles. The molecule has 0 saturated heterocycles. The fraction of sp³-hybridized carbons (Fsp3) is 0.200. The molecule has 0 aromatic heterocycles. The zero-order valence-electron chi connectivity index (χ0n) is 6.04. The first-order valence-corrected chi connectivity index (χ1v) is 3.61. The number of rotatable bonds is 0. The molecule has 0 radical (unpaired) electrons. The van der Waals surface area contributed by atoms with Crippen LogP contribution >= 0.6 is 0 Å². The summed E-state index contributed by atoms with van der Waals surface area (Å²) in [5.74, 6) is 0.588. The highest BCUT2D eigenvalue weighted by molar-refractivity contribution is 5.46.